The minimum absolute atomic E-state index is 0.0394. The minimum atomic E-state index is -0.428. The Bertz CT molecular complexity index is 1150. The Hall–Kier alpha value is -3.61. The van der Waals surface area contributed by atoms with Gasteiger partial charge < -0.3 is 18.9 Å². The van der Waals surface area contributed by atoms with Crippen LogP contribution in [-0.4, -0.2) is 24.7 Å². The lowest BCUT2D eigenvalue weighted by Gasteiger charge is -2.17. The number of carbonyl (C=O) groups is 1. The van der Waals surface area contributed by atoms with E-state index in [-0.39, 0.29) is 24.1 Å². The predicted octanol–water partition coefficient (Wildman–Crippen LogP) is 5.12. The van der Waals surface area contributed by atoms with E-state index in [0.29, 0.717) is 48.1 Å². The van der Waals surface area contributed by atoms with Crippen molar-refractivity contribution in [3.63, 3.8) is 0 Å². The zero-order chi connectivity index (χ0) is 22.1. The third-order valence-electron chi connectivity index (χ3n) is 5.88. The number of aromatic nitrogens is 1. The van der Waals surface area contributed by atoms with Crippen LogP contribution in [-0.2, 0) is 16.0 Å². The number of esters is 1. The quantitative estimate of drug-likeness (QED) is 0.501. The second-order valence-electron chi connectivity index (χ2n) is 7.84. The van der Waals surface area contributed by atoms with Gasteiger partial charge in [0.05, 0.1) is 20.1 Å². The Morgan fingerprint density at radius 3 is 2.94 bits per heavy atom. The first kappa shape index (κ1) is 20.3. The van der Waals surface area contributed by atoms with Gasteiger partial charge in [-0.15, -0.1) is 0 Å². The summed E-state index contributed by atoms with van der Waals surface area (Å²) in [5.74, 6) is 1.71. The van der Waals surface area contributed by atoms with Crippen LogP contribution in [0.15, 0.2) is 54.7 Å². The molecule has 2 aliphatic rings. The monoisotopic (exact) mass is 435 g/mol. The number of halogens is 1. The van der Waals surface area contributed by atoms with Crippen molar-refractivity contribution >= 4 is 5.97 Å². The molecular formula is C25H22FNO5. The maximum absolute atomic E-state index is 14.8. The molecule has 7 heteroatoms. The lowest BCUT2D eigenvalue weighted by atomic mass is 9.98. The summed E-state index contributed by atoms with van der Waals surface area (Å²) in [7, 11) is 1.38. The van der Waals surface area contributed by atoms with Crippen molar-refractivity contribution in [1.82, 2.24) is 4.98 Å². The zero-order valence-corrected chi connectivity index (χ0v) is 17.5. The number of methoxy groups -OCH3 is 1. The molecule has 0 saturated heterocycles. The summed E-state index contributed by atoms with van der Waals surface area (Å²) in [6.45, 7) is 0.420. The van der Waals surface area contributed by atoms with Gasteiger partial charge in [0.25, 0.3) is 0 Å². The van der Waals surface area contributed by atoms with Gasteiger partial charge in [0, 0.05) is 40.9 Å². The molecule has 5 rings (SSSR count). The van der Waals surface area contributed by atoms with E-state index in [4.69, 9.17) is 18.9 Å². The highest BCUT2D eigenvalue weighted by molar-refractivity contribution is 5.71. The van der Waals surface area contributed by atoms with Gasteiger partial charge in [-0.05, 0) is 37.1 Å². The van der Waals surface area contributed by atoms with Crippen molar-refractivity contribution in [3.05, 3.63) is 77.2 Å². The molecule has 0 radical (unpaired) electrons. The number of pyridine rings is 1. The van der Waals surface area contributed by atoms with Crippen molar-refractivity contribution in [2.75, 3.05) is 13.7 Å². The van der Waals surface area contributed by atoms with Crippen LogP contribution in [0.2, 0.25) is 0 Å². The number of carbonyl (C=O) groups excluding carboxylic acids is 1. The van der Waals surface area contributed by atoms with Crippen LogP contribution in [0.25, 0.3) is 0 Å². The molecule has 0 fully saturated rings. The van der Waals surface area contributed by atoms with Crippen LogP contribution < -0.4 is 14.2 Å². The molecule has 0 saturated carbocycles. The SMILES string of the molecule is COC(=O)C[C@@H]1COc2cc(O[C@@H]3CCc4c(Oc5ccccn5)ccc(F)c43)ccc21. The van der Waals surface area contributed by atoms with Gasteiger partial charge in [-0.25, -0.2) is 9.37 Å². The predicted molar refractivity (Wildman–Crippen MR) is 114 cm³/mol. The summed E-state index contributed by atoms with van der Waals surface area (Å²) in [5.41, 5.74) is 2.27. The highest BCUT2D eigenvalue weighted by atomic mass is 19.1. The second-order valence-corrected chi connectivity index (χ2v) is 7.84. The molecule has 2 heterocycles. The molecule has 2 atom stereocenters. The molecule has 6 nitrogen and oxygen atoms in total. The average molecular weight is 435 g/mol. The number of rotatable bonds is 6. The van der Waals surface area contributed by atoms with E-state index >= 15 is 0 Å². The first-order valence-electron chi connectivity index (χ1n) is 10.5. The third-order valence-corrected chi connectivity index (χ3v) is 5.88. The number of hydrogen-bond acceptors (Lipinski definition) is 6. The second kappa shape index (κ2) is 8.49. The number of nitrogens with zero attached hydrogens (tertiary/aromatic N) is 1. The van der Waals surface area contributed by atoms with Crippen molar-refractivity contribution in [2.24, 2.45) is 0 Å². The average Bonchev–Trinajstić information content (AvgIpc) is 3.41. The molecule has 1 aromatic heterocycles. The normalized spacial score (nSPS) is 18.4. The smallest absolute Gasteiger partial charge is 0.306 e. The summed E-state index contributed by atoms with van der Waals surface area (Å²) >= 11 is 0. The molecule has 3 aromatic rings. The van der Waals surface area contributed by atoms with Crippen molar-refractivity contribution < 1.29 is 28.1 Å². The van der Waals surface area contributed by atoms with Crippen LogP contribution >= 0.6 is 0 Å². The largest absolute Gasteiger partial charge is 0.492 e. The molecule has 1 aliphatic carbocycles. The highest BCUT2D eigenvalue weighted by Crippen LogP contribution is 2.44. The first-order valence-corrected chi connectivity index (χ1v) is 10.5. The summed E-state index contributed by atoms with van der Waals surface area (Å²) in [6, 6.07) is 14.0. The highest BCUT2D eigenvalue weighted by Gasteiger charge is 2.32. The Morgan fingerprint density at radius 1 is 1.22 bits per heavy atom. The van der Waals surface area contributed by atoms with Gasteiger partial charge in [0.1, 0.15) is 29.2 Å². The Kier molecular flexibility index (Phi) is 5.39. The van der Waals surface area contributed by atoms with E-state index in [2.05, 4.69) is 4.98 Å². The van der Waals surface area contributed by atoms with E-state index in [1.165, 1.54) is 13.2 Å². The van der Waals surface area contributed by atoms with Crippen molar-refractivity contribution in [1.29, 1.82) is 0 Å². The van der Waals surface area contributed by atoms with Crippen molar-refractivity contribution in [3.8, 4) is 23.1 Å². The topological polar surface area (TPSA) is 66.9 Å². The Labute approximate surface area is 184 Å². The summed E-state index contributed by atoms with van der Waals surface area (Å²) in [4.78, 5) is 15.8. The summed E-state index contributed by atoms with van der Waals surface area (Å²) in [6.07, 6.45) is 2.77. The standard InChI is InChI=1S/C25H22FNO5/c1-29-24(28)12-15-14-30-22-13-16(5-6-17(15)22)31-21-9-7-18-20(10-8-19(26)25(18)21)32-23-4-2-3-11-27-23/h2-6,8,10-11,13,15,21H,7,9,12,14H2,1H3/t15-,21-/m1/s1. The van der Waals surface area contributed by atoms with Gasteiger partial charge in [-0.2, -0.15) is 0 Å². The molecule has 0 amide bonds. The van der Waals surface area contributed by atoms with Crippen LogP contribution in [0.1, 0.15) is 41.6 Å². The number of fused-ring (bicyclic) bond motifs is 2. The molecule has 32 heavy (non-hydrogen) atoms. The molecule has 0 bridgehead atoms. The molecule has 0 unspecified atom stereocenters. The van der Waals surface area contributed by atoms with Gasteiger partial charge in [-0.1, -0.05) is 12.1 Å². The van der Waals surface area contributed by atoms with Gasteiger partial charge in [0.15, 0.2) is 0 Å². The molecule has 0 spiro atoms. The van der Waals surface area contributed by atoms with Crippen LogP contribution in [0.3, 0.4) is 0 Å². The lowest BCUT2D eigenvalue weighted by molar-refractivity contribution is -0.141. The van der Waals surface area contributed by atoms with Crippen molar-refractivity contribution in [2.45, 2.75) is 31.3 Å². The van der Waals surface area contributed by atoms with E-state index in [1.807, 2.05) is 24.3 Å². The fourth-order valence-electron chi connectivity index (χ4n) is 4.32. The van der Waals surface area contributed by atoms with Crippen LogP contribution in [0.4, 0.5) is 4.39 Å². The fraction of sp³-hybridized carbons (Fsp3) is 0.280. The van der Waals surface area contributed by atoms with Crippen LogP contribution in [0.5, 0.6) is 23.1 Å². The zero-order valence-electron chi connectivity index (χ0n) is 17.5. The molecular weight excluding hydrogens is 413 g/mol. The van der Waals surface area contributed by atoms with E-state index in [9.17, 15) is 9.18 Å². The number of benzene rings is 2. The third kappa shape index (κ3) is 3.86. The molecule has 2 aromatic carbocycles. The molecule has 1 aliphatic heterocycles. The summed E-state index contributed by atoms with van der Waals surface area (Å²) < 4.78 is 37.3. The Morgan fingerprint density at radius 2 is 2.12 bits per heavy atom. The van der Waals surface area contributed by atoms with Gasteiger partial charge >= 0.3 is 5.97 Å². The first-order chi connectivity index (χ1) is 15.6. The van der Waals surface area contributed by atoms with Gasteiger partial charge in [0.2, 0.25) is 5.88 Å². The summed E-state index contributed by atoms with van der Waals surface area (Å²) in [5, 5.41) is 0. The maximum Gasteiger partial charge on any atom is 0.306 e. The van der Waals surface area contributed by atoms with Crippen LogP contribution in [0, 0.1) is 5.82 Å². The Balaban J connectivity index is 1.35. The maximum atomic E-state index is 14.8. The molecule has 0 N–H and O–H groups in total. The van der Waals surface area contributed by atoms with E-state index in [1.54, 1.807) is 24.4 Å². The number of hydrogen-bond donors (Lipinski definition) is 0. The molecule has 164 valence electrons. The van der Waals surface area contributed by atoms with E-state index < -0.39 is 6.10 Å². The fourth-order valence-corrected chi connectivity index (χ4v) is 4.32. The van der Waals surface area contributed by atoms with E-state index in [0.717, 1.165) is 11.1 Å². The minimum Gasteiger partial charge on any atom is -0.492 e. The number of ether oxygens (including phenoxy) is 4. The lowest BCUT2D eigenvalue weighted by Crippen LogP contribution is -2.09. The van der Waals surface area contributed by atoms with Gasteiger partial charge in [-0.3, -0.25) is 4.79 Å².